The molecule has 0 radical (unpaired) electrons. The average molecular weight is 227 g/mol. The third kappa shape index (κ3) is 3.73. The fourth-order valence-corrected chi connectivity index (χ4v) is 3.34. The number of alkyl halides is 1. The van der Waals surface area contributed by atoms with Crippen molar-refractivity contribution < 1.29 is 4.39 Å². The summed E-state index contributed by atoms with van der Waals surface area (Å²) in [4.78, 5) is 2.43. The molecular weight excluding hydrogens is 201 g/mol. The second-order valence-corrected chi connectivity index (χ2v) is 5.95. The number of hydrogen-bond acceptors (Lipinski definition) is 1. The zero-order chi connectivity index (χ0) is 11.4. The van der Waals surface area contributed by atoms with Crippen LogP contribution in [-0.4, -0.2) is 31.2 Å². The summed E-state index contributed by atoms with van der Waals surface area (Å²) in [5.74, 6) is 1.76. The number of likely N-dealkylation sites (tertiary alicyclic amines) is 1. The molecule has 1 nitrogen and oxygen atoms in total. The van der Waals surface area contributed by atoms with Crippen LogP contribution in [-0.2, 0) is 0 Å². The first-order chi connectivity index (χ1) is 7.74. The van der Waals surface area contributed by atoms with E-state index in [1.54, 1.807) is 0 Å². The van der Waals surface area contributed by atoms with Gasteiger partial charge in [0.25, 0.3) is 0 Å². The molecule has 1 aliphatic carbocycles. The van der Waals surface area contributed by atoms with Crippen molar-refractivity contribution in [3.05, 3.63) is 0 Å². The van der Waals surface area contributed by atoms with Gasteiger partial charge in [-0.05, 0) is 70.5 Å². The zero-order valence-corrected chi connectivity index (χ0v) is 10.6. The van der Waals surface area contributed by atoms with Gasteiger partial charge in [0, 0.05) is 0 Å². The van der Waals surface area contributed by atoms with E-state index in [9.17, 15) is 4.39 Å². The minimum atomic E-state index is -0.498. The van der Waals surface area contributed by atoms with Crippen molar-refractivity contribution >= 4 is 0 Å². The Balaban J connectivity index is 1.72. The second-order valence-electron chi connectivity index (χ2n) is 5.95. The van der Waals surface area contributed by atoms with E-state index in [1.807, 2.05) is 0 Å². The maximum Gasteiger partial charge on any atom is 0.100 e. The van der Waals surface area contributed by atoms with E-state index in [1.165, 1.54) is 38.8 Å². The van der Waals surface area contributed by atoms with Gasteiger partial charge in [-0.25, -0.2) is 4.39 Å². The molecule has 0 aromatic carbocycles. The van der Waals surface area contributed by atoms with Gasteiger partial charge in [0.1, 0.15) is 6.17 Å². The fourth-order valence-electron chi connectivity index (χ4n) is 3.34. The van der Waals surface area contributed by atoms with E-state index in [0.717, 1.165) is 37.5 Å². The van der Waals surface area contributed by atoms with E-state index >= 15 is 0 Å². The third-order valence-corrected chi connectivity index (χ3v) is 4.52. The summed E-state index contributed by atoms with van der Waals surface area (Å²) in [6, 6.07) is 0. The van der Waals surface area contributed by atoms with Gasteiger partial charge in [-0.2, -0.15) is 0 Å². The van der Waals surface area contributed by atoms with Gasteiger partial charge in [0.2, 0.25) is 0 Å². The molecule has 2 unspecified atom stereocenters. The monoisotopic (exact) mass is 227 g/mol. The first kappa shape index (κ1) is 12.3. The molecule has 2 aliphatic rings. The van der Waals surface area contributed by atoms with E-state index in [2.05, 4.69) is 11.9 Å². The Kier molecular flexibility index (Phi) is 4.63. The molecule has 2 rings (SSSR count). The van der Waals surface area contributed by atoms with Gasteiger partial charge in [-0.15, -0.1) is 0 Å². The molecule has 0 aromatic heterocycles. The molecule has 1 saturated heterocycles. The molecule has 16 heavy (non-hydrogen) atoms. The molecule has 1 aliphatic heterocycles. The molecule has 2 heteroatoms. The number of nitrogens with zero attached hydrogens (tertiary/aromatic N) is 1. The predicted molar refractivity (Wildman–Crippen MR) is 66.3 cm³/mol. The summed E-state index contributed by atoms with van der Waals surface area (Å²) < 4.78 is 13.2. The number of halogens is 1. The van der Waals surface area contributed by atoms with Crippen molar-refractivity contribution in [3.63, 3.8) is 0 Å². The predicted octanol–water partition coefficient (Wildman–Crippen LogP) is 3.64. The number of rotatable bonds is 2. The minimum Gasteiger partial charge on any atom is -0.306 e. The van der Waals surface area contributed by atoms with Crippen LogP contribution in [0.2, 0.25) is 0 Å². The first-order valence-corrected chi connectivity index (χ1v) is 7.06. The Labute approximate surface area is 99.4 Å². The Morgan fingerprint density at radius 2 is 1.62 bits per heavy atom. The summed E-state index contributed by atoms with van der Waals surface area (Å²) in [5.41, 5.74) is 0. The first-order valence-electron chi connectivity index (χ1n) is 7.06. The van der Waals surface area contributed by atoms with Gasteiger partial charge in [0.05, 0.1) is 0 Å². The van der Waals surface area contributed by atoms with Crippen LogP contribution < -0.4 is 0 Å². The molecule has 0 bridgehead atoms. The minimum absolute atomic E-state index is 0.498. The van der Waals surface area contributed by atoms with E-state index in [0.29, 0.717) is 0 Å². The highest BCUT2D eigenvalue weighted by molar-refractivity contribution is 4.76. The van der Waals surface area contributed by atoms with E-state index < -0.39 is 6.17 Å². The number of piperidine rings is 1. The zero-order valence-electron chi connectivity index (χ0n) is 10.6. The largest absolute Gasteiger partial charge is 0.306 e. The smallest absolute Gasteiger partial charge is 0.100 e. The van der Waals surface area contributed by atoms with Gasteiger partial charge < -0.3 is 4.90 Å². The highest BCUT2D eigenvalue weighted by Crippen LogP contribution is 2.32. The molecule has 1 heterocycles. The van der Waals surface area contributed by atoms with E-state index in [-0.39, 0.29) is 0 Å². The summed E-state index contributed by atoms with van der Waals surface area (Å²) in [7, 11) is 2.22. The molecule has 2 atom stereocenters. The van der Waals surface area contributed by atoms with E-state index in [4.69, 9.17) is 0 Å². The second kappa shape index (κ2) is 6.00. The fraction of sp³-hybridized carbons (Fsp3) is 1.00. The Bertz CT molecular complexity index is 199. The van der Waals surface area contributed by atoms with Crippen LogP contribution in [0, 0.1) is 11.8 Å². The van der Waals surface area contributed by atoms with Crippen molar-refractivity contribution in [2.24, 2.45) is 11.8 Å². The Morgan fingerprint density at radius 3 is 2.38 bits per heavy atom. The lowest BCUT2D eigenvalue weighted by Gasteiger charge is -2.31. The van der Waals surface area contributed by atoms with Crippen molar-refractivity contribution in [2.45, 2.75) is 57.5 Å². The van der Waals surface area contributed by atoms with Gasteiger partial charge >= 0.3 is 0 Å². The lowest BCUT2D eigenvalue weighted by Crippen LogP contribution is -2.31. The quantitative estimate of drug-likeness (QED) is 0.651. The Hall–Kier alpha value is -0.110. The Morgan fingerprint density at radius 1 is 0.938 bits per heavy atom. The summed E-state index contributed by atoms with van der Waals surface area (Å²) >= 11 is 0. The average Bonchev–Trinajstić information content (AvgIpc) is 2.47. The topological polar surface area (TPSA) is 3.24 Å². The molecule has 1 saturated carbocycles. The molecule has 0 aromatic rings. The van der Waals surface area contributed by atoms with Gasteiger partial charge in [-0.1, -0.05) is 12.8 Å². The molecule has 0 spiro atoms. The summed E-state index contributed by atoms with van der Waals surface area (Å²) in [5, 5.41) is 0. The molecule has 2 fully saturated rings. The lowest BCUT2D eigenvalue weighted by molar-refractivity contribution is 0.189. The summed E-state index contributed by atoms with van der Waals surface area (Å²) in [6.07, 6.45) is 8.82. The highest BCUT2D eigenvalue weighted by Gasteiger charge is 2.23. The number of hydrogen-bond donors (Lipinski definition) is 0. The maximum absolute atomic E-state index is 13.2. The van der Waals surface area contributed by atoms with Crippen LogP contribution in [0.1, 0.15) is 51.4 Å². The molecule has 0 N–H and O–H groups in total. The van der Waals surface area contributed by atoms with Crippen LogP contribution in [0.3, 0.4) is 0 Å². The van der Waals surface area contributed by atoms with Crippen molar-refractivity contribution in [1.29, 1.82) is 0 Å². The summed E-state index contributed by atoms with van der Waals surface area (Å²) in [6.45, 7) is 2.53. The van der Waals surface area contributed by atoms with Crippen LogP contribution in [0.5, 0.6) is 0 Å². The third-order valence-electron chi connectivity index (χ3n) is 4.52. The standard InChI is InChI=1S/C14H26FN/c1-16-9-7-13(8-10-16)11-12-3-2-4-14(15)6-5-12/h12-14H,2-11H2,1H3. The maximum atomic E-state index is 13.2. The van der Waals surface area contributed by atoms with Crippen LogP contribution in [0.15, 0.2) is 0 Å². The van der Waals surface area contributed by atoms with Crippen LogP contribution >= 0.6 is 0 Å². The van der Waals surface area contributed by atoms with Crippen molar-refractivity contribution in [2.75, 3.05) is 20.1 Å². The van der Waals surface area contributed by atoms with Gasteiger partial charge in [0.15, 0.2) is 0 Å². The molecular formula is C14H26FN. The van der Waals surface area contributed by atoms with Crippen LogP contribution in [0.25, 0.3) is 0 Å². The van der Waals surface area contributed by atoms with Crippen LogP contribution in [0.4, 0.5) is 4.39 Å². The van der Waals surface area contributed by atoms with Gasteiger partial charge in [-0.3, -0.25) is 0 Å². The highest BCUT2D eigenvalue weighted by atomic mass is 19.1. The van der Waals surface area contributed by atoms with Crippen molar-refractivity contribution in [1.82, 2.24) is 4.90 Å². The molecule has 0 amide bonds. The molecule has 94 valence electrons. The SMILES string of the molecule is CN1CCC(CC2CCCC(F)CC2)CC1. The normalized spacial score (nSPS) is 34.9. The lowest BCUT2D eigenvalue weighted by atomic mass is 9.84. The van der Waals surface area contributed by atoms with Crippen molar-refractivity contribution in [3.8, 4) is 0 Å².